The second kappa shape index (κ2) is 10.1. The molecule has 6 nitrogen and oxygen atoms in total. The van der Waals surface area contributed by atoms with Crippen LogP contribution in [0.2, 0.25) is 15.2 Å². The molecule has 0 unspecified atom stereocenters. The molecule has 0 atom stereocenters. The number of amides is 1. The first kappa shape index (κ1) is 22.9. The second-order valence-electron chi connectivity index (χ2n) is 8.39. The lowest BCUT2D eigenvalue weighted by Crippen LogP contribution is -2.49. The zero-order valence-electron chi connectivity index (χ0n) is 17.8. The molecular weight excluding hydrogens is 457 g/mol. The number of aromatic nitrogens is 2. The lowest BCUT2D eigenvalue weighted by Gasteiger charge is -2.35. The van der Waals surface area contributed by atoms with Gasteiger partial charge in [0.15, 0.2) is 0 Å². The number of nitrogens with zero attached hydrogens (tertiary/aromatic N) is 5. The predicted octanol–water partition coefficient (Wildman–Crippen LogP) is 3.94. The summed E-state index contributed by atoms with van der Waals surface area (Å²) in [7, 11) is 0. The Labute approximate surface area is 198 Å². The molecule has 1 aromatic heterocycles. The lowest BCUT2D eigenvalue weighted by atomic mass is 10.2. The minimum Gasteiger partial charge on any atom is -0.342 e. The van der Waals surface area contributed by atoms with Gasteiger partial charge in [-0.05, 0) is 37.5 Å². The van der Waals surface area contributed by atoms with Crippen LogP contribution in [-0.2, 0) is 17.9 Å². The van der Waals surface area contributed by atoms with E-state index in [1.165, 1.54) is 0 Å². The Balaban J connectivity index is 1.33. The van der Waals surface area contributed by atoms with Gasteiger partial charge >= 0.3 is 0 Å². The average Bonchev–Trinajstić information content (AvgIpc) is 3.36. The van der Waals surface area contributed by atoms with Crippen LogP contribution >= 0.6 is 34.8 Å². The summed E-state index contributed by atoms with van der Waals surface area (Å²) in [5.74, 6) is 0.270. The van der Waals surface area contributed by atoms with E-state index in [1.54, 1.807) is 10.7 Å². The zero-order chi connectivity index (χ0) is 22.0. The number of carbonyl (C=O) groups excluding carboxylic acids is 1. The molecular formula is C22H28Cl3N5O. The van der Waals surface area contributed by atoms with Gasteiger partial charge in [0.05, 0.1) is 18.8 Å². The maximum atomic E-state index is 12.4. The van der Waals surface area contributed by atoms with Gasteiger partial charge in [0.2, 0.25) is 5.91 Å². The van der Waals surface area contributed by atoms with E-state index in [0.717, 1.165) is 75.5 Å². The highest BCUT2D eigenvalue weighted by Gasteiger charge is 2.25. The Hall–Kier alpha value is -1.31. The van der Waals surface area contributed by atoms with Gasteiger partial charge in [-0.1, -0.05) is 40.9 Å². The molecule has 31 heavy (non-hydrogen) atoms. The molecule has 0 saturated carbocycles. The van der Waals surface area contributed by atoms with E-state index in [4.69, 9.17) is 34.8 Å². The molecule has 0 spiro atoms. The summed E-state index contributed by atoms with van der Waals surface area (Å²) in [6.07, 6.45) is 2.27. The fourth-order valence-electron chi connectivity index (χ4n) is 4.27. The summed E-state index contributed by atoms with van der Waals surface area (Å²) in [5, 5.41) is 6.51. The van der Waals surface area contributed by atoms with Crippen LogP contribution in [0, 0.1) is 6.92 Å². The molecule has 9 heteroatoms. The zero-order valence-corrected chi connectivity index (χ0v) is 20.1. The van der Waals surface area contributed by atoms with Gasteiger partial charge in [-0.2, -0.15) is 5.10 Å². The number of hydrogen-bond donors (Lipinski definition) is 0. The van der Waals surface area contributed by atoms with Crippen LogP contribution in [-0.4, -0.2) is 76.2 Å². The van der Waals surface area contributed by atoms with E-state index in [1.807, 2.05) is 24.0 Å². The van der Waals surface area contributed by atoms with E-state index in [2.05, 4.69) is 14.9 Å². The van der Waals surface area contributed by atoms with Crippen LogP contribution in [0.4, 0.5) is 0 Å². The van der Waals surface area contributed by atoms with Crippen molar-refractivity contribution < 1.29 is 4.79 Å². The number of benzene rings is 1. The molecule has 2 fully saturated rings. The molecule has 0 N–H and O–H groups in total. The fraction of sp³-hybridized carbons (Fsp3) is 0.545. The highest BCUT2D eigenvalue weighted by molar-refractivity contribution is 6.35. The summed E-state index contributed by atoms with van der Waals surface area (Å²) < 4.78 is 1.80. The summed E-state index contributed by atoms with van der Waals surface area (Å²) in [4.78, 5) is 19.0. The summed E-state index contributed by atoms with van der Waals surface area (Å²) in [5.41, 5.74) is 2.91. The normalized spacial score (nSPS) is 18.1. The lowest BCUT2D eigenvalue weighted by molar-refractivity contribution is -0.131. The number of likely N-dealkylation sites (tertiary alicyclic amines) is 1. The first-order valence-corrected chi connectivity index (χ1v) is 11.9. The summed E-state index contributed by atoms with van der Waals surface area (Å²) in [6, 6.07) is 5.46. The van der Waals surface area contributed by atoms with Gasteiger partial charge in [0, 0.05) is 61.4 Å². The molecule has 2 aliphatic heterocycles. The quantitative estimate of drug-likeness (QED) is 0.623. The van der Waals surface area contributed by atoms with Gasteiger partial charge in [0.25, 0.3) is 0 Å². The minimum absolute atomic E-state index is 0.270. The third-order valence-corrected chi connectivity index (χ3v) is 7.19. The van der Waals surface area contributed by atoms with E-state index in [9.17, 15) is 4.79 Å². The van der Waals surface area contributed by atoms with E-state index < -0.39 is 0 Å². The van der Waals surface area contributed by atoms with Crippen molar-refractivity contribution in [3.8, 4) is 0 Å². The van der Waals surface area contributed by atoms with Crippen molar-refractivity contribution in [2.75, 3.05) is 45.8 Å². The number of halogens is 3. The van der Waals surface area contributed by atoms with Gasteiger partial charge in [-0.3, -0.25) is 14.6 Å². The van der Waals surface area contributed by atoms with Crippen LogP contribution in [0.15, 0.2) is 18.2 Å². The third kappa shape index (κ3) is 5.55. The van der Waals surface area contributed by atoms with Crippen LogP contribution in [0.25, 0.3) is 0 Å². The topological polar surface area (TPSA) is 44.6 Å². The van der Waals surface area contributed by atoms with Crippen LogP contribution in [0.1, 0.15) is 29.7 Å². The third-order valence-electron chi connectivity index (χ3n) is 6.18. The van der Waals surface area contributed by atoms with Gasteiger partial charge in [-0.25, -0.2) is 4.68 Å². The van der Waals surface area contributed by atoms with Crippen molar-refractivity contribution in [2.24, 2.45) is 0 Å². The molecule has 0 bridgehead atoms. The van der Waals surface area contributed by atoms with Crippen molar-refractivity contribution in [1.29, 1.82) is 0 Å². The molecule has 168 valence electrons. The van der Waals surface area contributed by atoms with E-state index in [0.29, 0.717) is 28.3 Å². The fourth-order valence-corrected chi connectivity index (χ4v) is 5.04. The Morgan fingerprint density at radius 2 is 1.65 bits per heavy atom. The average molecular weight is 485 g/mol. The molecule has 2 aromatic rings. The molecule has 1 aromatic carbocycles. The van der Waals surface area contributed by atoms with Crippen molar-refractivity contribution in [3.63, 3.8) is 0 Å². The number of aryl methyl sites for hydroxylation is 1. The first-order chi connectivity index (χ1) is 14.9. The Morgan fingerprint density at radius 1 is 0.968 bits per heavy atom. The highest BCUT2D eigenvalue weighted by Crippen LogP contribution is 2.26. The summed E-state index contributed by atoms with van der Waals surface area (Å²) in [6.45, 7) is 9.24. The molecule has 0 aliphatic carbocycles. The SMILES string of the molecule is Cc1nn(Cc2ccc(Cl)cc2Cl)c(Cl)c1CN1CCN(CC(=O)N2CCCC2)CC1. The second-order valence-corrected chi connectivity index (χ2v) is 9.59. The van der Waals surface area contributed by atoms with Gasteiger partial charge in [-0.15, -0.1) is 0 Å². The smallest absolute Gasteiger partial charge is 0.236 e. The maximum absolute atomic E-state index is 12.4. The van der Waals surface area contributed by atoms with Crippen molar-refractivity contribution in [3.05, 3.63) is 50.2 Å². The van der Waals surface area contributed by atoms with Crippen LogP contribution in [0.3, 0.4) is 0 Å². The molecule has 2 aliphatic rings. The van der Waals surface area contributed by atoms with Crippen molar-refractivity contribution in [1.82, 2.24) is 24.5 Å². The maximum Gasteiger partial charge on any atom is 0.236 e. The summed E-state index contributed by atoms with van der Waals surface area (Å²) >= 11 is 19.0. The largest absolute Gasteiger partial charge is 0.342 e. The van der Waals surface area contributed by atoms with Gasteiger partial charge < -0.3 is 4.90 Å². The molecule has 2 saturated heterocycles. The highest BCUT2D eigenvalue weighted by atomic mass is 35.5. The molecule has 4 rings (SSSR count). The number of carbonyl (C=O) groups is 1. The Bertz CT molecular complexity index is 933. The molecule has 1 amide bonds. The number of hydrogen-bond acceptors (Lipinski definition) is 4. The molecule has 3 heterocycles. The monoisotopic (exact) mass is 483 g/mol. The van der Waals surface area contributed by atoms with Crippen LogP contribution < -0.4 is 0 Å². The Morgan fingerprint density at radius 3 is 2.32 bits per heavy atom. The predicted molar refractivity (Wildman–Crippen MR) is 125 cm³/mol. The molecule has 0 radical (unpaired) electrons. The van der Waals surface area contributed by atoms with Crippen molar-refractivity contribution in [2.45, 2.75) is 32.9 Å². The number of rotatable bonds is 6. The Kier molecular flexibility index (Phi) is 7.44. The van der Waals surface area contributed by atoms with E-state index >= 15 is 0 Å². The standard InChI is InChI=1S/C22H28Cl3N5O/c1-16-19(22(25)30(26-16)13-17-4-5-18(23)12-20(17)24)14-27-8-10-28(11-9-27)15-21(31)29-6-2-3-7-29/h4-5,12H,2-3,6-11,13-15H2,1H3. The minimum atomic E-state index is 0.270. The first-order valence-electron chi connectivity index (χ1n) is 10.8. The van der Waals surface area contributed by atoms with Crippen molar-refractivity contribution >= 4 is 40.7 Å². The van der Waals surface area contributed by atoms with E-state index in [-0.39, 0.29) is 5.91 Å². The van der Waals surface area contributed by atoms with Crippen LogP contribution in [0.5, 0.6) is 0 Å². The van der Waals surface area contributed by atoms with Gasteiger partial charge in [0.1, 0.15) is 5.15 Å². The number of piperazine rings is 1.